The molecule has 0 aliphatic rings. The molecule has 0 saturated heterocycles. The van der Waals surface area contributed by atoms with Gasteiger partial charge in [-0.2, -0.15) is 0 Å². The highest BCUT2D eigenvalue weighted by Crippen LogP contribution is 2.45. The van der Waals surface area contributed by atoms with Gasteiger partial charge >= 0.3 is 0 Å². The van der Waals surface area contributed by atoms with E-state index in [1.807, 2.05) is 0 Å². The van der Waals surface area contributed by atoms with Crippen molar-refractivity contribution < 1.29 is 0 Å². The van der Waals surface area contributed by atoms with Gasteiger partial charge in [0.05, 0.1) is 11.4 Å². The Kier molecular flexibility index (Phi) is 6.84. The molecule has 200 valence electrons. The Bertz CT molecular complexity index is 1890. The molecule has 0 atom stereocenters. The third-order valence-electron chi connectivity index (χ3n) is 7.93. The molecular weight excluding hydrogens is 506 g/mol. The SMILES string of the molecule is Cc1ccc2c(-c3ccc(N(c4ccccc4-c4ccccc4)c4ccccc4-c4ccccc4)cc3)cccc2c1. The van der Waals surface area contributed by atoms with Crippen LogP contribution in [0.2, 0.25) is 0 Å². The number of hydrogen-bond acceptors (Lipinski definition) is 1. The third kappa shape index (κ3) is 4.87. The molecule has 7 rings (SSSR count). The second kappa shape index (κ2) is 11.2. The number of rotatable bonds is 6. The lowest BCUT2D eigenvalue weighted by atomic mass is 9.96. The van der Waals surface area contributed by atoms with Crippen molar-refractivity contribution in [1.29, 1.82) is 0 Å². The number of fused-ring (bicyclic) bond motifs is 1. The molecule has 0 amide bonds. The van der Waals surface area contributed by atoms with E-state index in [4.69, 9.17) is 0 Å². The Hall–Kier alpha value is -5.40. The highest BCUT2D eigenvalue weighted by atomic mass is 15.1. The van der Waals surface area contributed by atoms with Crippen molar-refractivity contribution in [1.82, 2.24) is 0 Å². The van der Waals surface area contributed by atoms with Crippen molar-refractivity contribution in [3.8, 4) is 33.4 Å². The van der Waals surface area contributed by atoms with Gasteiger partial charge in [-0.1, -0.05) is 151 Å². The molecule has 0 radical (unpaired) electrons. The number of benzene rings is 7. The first-order valence-corrected chi connectivity index (χ1v) is 14.5. The summed E-state index contributed by atoms with van der Waals surface area (Å²) in [5, 5.41) is 2.54. The average Bonchev–Trinajstić information content (AvgIpc) is 3.06. The molecular formula is C41H31N. The quantitative estimate of drug-likeness (QED) is 0.204. The largest absolute Gasteiger partial charge is 0.309 e. The first-order chi connectivity index (χ1) is 20.8. The van der Waals surface area contributed by atoms with Crippen molar-refractivity contribution in [3.05, 3.63) is 175 Å². The number of hydrogen-bond donors (Lipinski definition) is 0. The second-order valence-corrected chi connectivity index (χ2v) is 10.7. The number of para-hydroxylation sites is 2. The van der Waals surface area contributed by atoms with Crippen molar-refractivity contribution in [2.24, 2.45) is 0 Å². The zero-order valence-corrected chi connectivity index (χ0v) is 23.6. The number of nitrogens with zero attached hydrogens (tertiary/aromatic N) is 1. The summed E-state index contributed by atoms with van der Waals surface area (Å²) in [6.07, 6.45) is 0. The molecule has 7 aromatic carbocycles. The molecule has 0 N–H and O–H groups in total. The highest BCUT2D eigenvalue weighted by molar-refractivity contribution is 5.98. The van der Waals surface area contributed by atoms with Gasteiger partial charge in [0.25, 0.3) is 0 Å². The van der Waals surface area contributed by atoms with Gasteiger partial charge in [0, 0.05) is 16.8 Å². The summed E-state index contributed by atoms with van der Waals surface area (Å²) in [4.78, 5) is 2.40. The van der Waals surface area contributed by atoms with Crippen LogP contribution >= 0.6 is 0 Å². The molecule has 0 aromatic heterocycles. The minimum Gasteiger partial charge on any atom is -0.309 e. The molecule has 1 heteroatoms. The van der Waals surface area contributed by atoms with Crippen molar-refractivity contribution in [2.75, 3.05) is 4.90 Å². The maximum Gasteiger partial charge on any atom is 0.0540 e. The molecule has 0 aliphatic carbocycles. The predicted octanol–water partition coefficient (Wildman–Crippen LogP) is 11.6. The lowest BCUT2D eigenvalue weighted by molar-refractivity contribution is 1.28. The Morgan fingerprint density at radius 2 is 0.881 bits per heavy atom. The molecule has 0 fully saturated rings. The van der Waals surface area contributed by atoms with Crippen LogP contribution in [0.3, 0.4) is 0 Å². The lowest BCUT2D eigenvalue weighted by Gasteiger charge is -2.30. The summed E-state index contributed by atoms with van der Waals surface area (Å²) < 4.78 is 0. The highest BCUT2D eigenvalue weighted by Gasteiger charge is 2.20. The Morgan fingerprint density at radius 1 is 0.381 bits per heavy atom. The minimum absolute atomic E-state index is 1.11. The fourth-order valence-electron chi connectivity index (χ4n) is 5.91. The fraction of sp³-hybridized carbons (Fsp3) is 0.0244. The molecule has 0 saturated carbocycles. The number of aryl methyl sites for hydroxylation is 1. The van der Waals surface area contributed by atoms with Crippen LogP contribution in [-0.2, 0) is 0 Å². The second-order valence-electron chi connectivity index (χ2n) is 10.7. The zero-order chi connectivity index (χ0) is 28.3. The summed E-state index contributed by atoms with van der Waals surface area (Å²) >= 11 is 0. The van der Waals surface area contributed by atoms with Crippen LogP contribution in [0.15, 0.2) is 170 Å². The topological polar surface area (TPSA) is 3.24 Å². The molecule has 1 nitrogen and oxygen atoms in total. The van der Waals surface area contributed by atoms with E-state index in [2.05, 4.69) is 182 Å². The van der Waals surface area contributed by atoms with E-state index in [1.165, 1.54) is 49.7 Å². The molecule has 7 aromatic rings. The van der Waals surface area contributed by atoms with E-state index in [1.54, 1.807) is 0 Å². The van der Waals surface area contributed by atoms with E-state index < -0.39 is 0 Å². The smallest absolute Gasteiger partial charge is 0.0540 e. The van der Waals surface area contributed by atoms with E-state index >= 15 is 0 Å². The summed E-state index contributed by atoms with van der Waals surface area (Å²) in [5.41, 5.74) is 11.9. The predicted molar refractivity (Wildman–Crippen MR) is 180 cm³/mol. The maximum absolute atomic E-state index is 2.40. The summed E-state index contributed by atoms with van der Waals surface area (Å²) in [6.45, 7) is 2.15. The maximum atomic E-state index is 2.40. The third-order valence-corrected chi connectivity index (χ3v) is 7.93. The van der Waals surface area contributed by atoms with Crippen LogP contribution in [0, 0.1) is 6.92 Å². The van der Waals surface area contributed by atoms with E-state index in [0.29, 0.717) is 0 Å². The fourth-order valence-corrected chi connectivity index (χ4v) is 5.91. The van der Waals surface area contributed by atoms with Crippen molar-refractivity contribution in [3.63, 3.8) is 0 Å². The van der Waals surface area contributed by atoms with Crippen LogP contribution in [0.25, 0.3) is 44.2 Å². The van der Waals surface area contributed by atoms with Crippen LogP contribution < -0.4 is 4.90 Å². The Balaban J connectivity index is 1.41. The van der Waals surface area contributed by atoms with Gasteiger partial charge in [0.2, 0.25) is 0 Å². The molecule has 0 aliphatic heterocycles. The lowest BCUT2D eigenvalue weighted by Crippen LogP contribution is -2.12. The van der Waals surface area contributed by atoms with Gasteiger partial charge < -0.3 is 4.90 Å². The van der Waals surface area contributed by atoms with Gasteiger partial charge in [-0.15, -0.1) is 0 Å². The first kappa shape index (κ1) is 25.6. The van der Waals surface area contributed by atoms with E-state index in [-0.39, 0.29) is 0 Å². The van der Waals surface area contributed by atoms with Gasteiger partial charge in [0.15, 0.2) is 0 Å². The van der Waals surface area contributed by atoms with Crippen LogP contribution in [0.5, 0.6) is 0 Å². The summed E-state index contributed by atoms with van der Waals surface area (Å²) in [7, 11) is 0. The van der Waals surface area contributed by atoms with E-state index in [9.17, 15) is 0 Å². The van der Waals surface area contributed by atoms with Gasteiger partial charge in [-0.25, -0.2) is 0 Å². The normalized spacial score (nSPS) is 11.0. The zero-order valence-electron chi connectivity index (χ0n) is 23.6. The Labute approximate surface area is 248 Å². The first-order valence-electron chi connectivity index (χ1n) is 14.5. The monoisotopic (exact) mass is 537 g/mol. The molecule has 0 bridgehead atoms. The van der Waals surface area contributed by atoms with Crippen LogP contribution in [0.4, 0.5) is 17.1 Å². The molecule has 0 unspecified atom stereocenters. The van der Waals surface area contributed by atoms with Crippen molar-refractivity contribution in [2.45, 2.75) is 6.92 Å². The minimum atomic E-state index is 1.11. The summed E-state index contributed by atoms with van der Waals surface area (Å²) in [6, 6.07) is 61.0. The molecule has 42 heavy (non-hydrogen) atoms. The van der Waals surface area contributed by atoms with Gasteiger partial charge in [-0.3, -0.25) is 0 Å². The Morgan fingerprint density at radius 3 is 1.48 bits per heavy atom. The molecule has 0 spiro atoms. The summed E-state index contributed by atoms with van der Waals surface area (Å²) in [5.74, 6) is 0. The van der Waals surface area contributed by atoms with Gasteiger partial charge in [0.1, 0.15) is 0 Å². The van der Waals surface area contributed by atoms with E-state index in [0.717, 1.165) is 17.1 Å². The van der Waals surface area contributed by atoms with Crippen LogP contribution in [-0.4, -0.2) is 0 Å². The number of anilines is 3. The molecule has 0 heterocycles. The van der Waals surface area contributed by atoms with Crippen LogP contribution in [0.1, 0.15) is 5.56 Å². The standard InChI is InChI=1S/C41H31N/c1-30-23-28-37-34(29-30)17-12-20-36(37)33-24-26-35(27-25-33)42(40-21-10-8-18-38(40)31-13-4-2-5-14-31)41-22-11-9-19-39(41)32-15-6-3-7-16-32/h2-29H,1H3. The van der Waals surface area contributed by atoms with Gasteiger partial charge in [-0.05, 0) is 64.2 Å². The average molecular weight is 538 g/mol. The van der Waals surface area contributed by atoms with Crippen molar-refractivity contribution >= 4 is 27.8 Å².